The van der Waals surface area contributed by atoms with Gasteiger partial charge in [0.25, 0.3) is 5.91 Å². The van der Waals surface area contributed by atoms with Gasteiger partial charge in [-0.1, -0.05) is 13.3 Å². The lowest BCUT2D eigenvalue weighted by Crippen LogP contribution is -2.45. The van der Waals surface area contributed by atoms with Gasteiger partial charge in [-0.05, 0) is 25.5 Å². The lowest BCUT2D eigenvalue weighted by Gasteiger charge is -2.13. The predicted molar refractivity (Wildman–Crippen MR) is 75.9 cm³/mol. The summed E-state index contributed by atoms with van der Waals surface area (Å²) in [5, 5.41) is 13.8. The van der Waals surface area contributed by atoms with Crippen molar-refractivity contribution in [2.75, 3.05) is 6.54 Å². The van der Waals surface area contributed by atoms with Gasteiger partial charge in [0.05, 0.1) is 11.4 Å². The molecule has 2 amide bonds. The molecule has 1 heterocycles. The zero-order valence-corrected chi connectivity index (χ0v) is 12.3. The van der Waals surface area contributed by atoms with Crippen LogP contribution in [0.3, 0.4) is 0 Å². The molecule has 110 valence electrons. The minimum absolute atomic E-state index is 0.233. The third-order valence-corrected chi connectivity index (χ3v) is 3.58. The van der Waals surface area contributed by atoms with E-state index in [4.69, 9.17) is 5.11 Å². The summed E-state index contributed by atoms with van der Waals surface area (Å²) in [6.45, 7) is 3.49. The van der Waals surface area contributed by atoms with Crippen molar-refractivity contribution in [1.82, 2.24) is 10.6 Å². The van der Waals surface area contributed by atoms with Gasteiger partial charge in [-0.2, -0.15) is 0 Å². The van der Waals surface area contributed by atoms with Crippen LogP contribution < -0.4 is 10.6 Å². The number of rotatable bonds is 7. The Hall–Kier alpha value is -1.89. The second-order valence-corrected chi connectivity index (χ2v) is 5.63. The molecule has 0 bridgehead atoms. The number of amides is 2. The first-order chi connectivity index (χ1) is 9.43. The zero-order valence-electron chi connectivity index (χ0n) is 11.4. The molecule has 0 spiro atoms. The van der Waals surface area contributed by atoms with Gasteiger partial charge in [-0.3, -0.25) is 9.59 Å². The van der Waals surface area contributed by atoms with E-state index in [0.717, 1.165) is 4.88 Å². The molecule has 0 radical (unpaired) electrons. The fourth-order valence-corrected chi connectivity index (χ4v) is 2.38. The van der Waals surface area contributed by atoms with Crippen molar-refractivity contribution in [3.8, 4) is 0 Å². The molecule has 3 N–H and O–H groups in total. The number of nitrogens with one attached hydrogen (secondary N) is 2. The van der Waals surface area contributed by atoms with Gasteiger partial charge in [-0.25, -0.2) is 4.79 Å². The van der Waals surface area contributed by atoms with Crippen LogP contribution in [0.4, 0.5) is 0 Å². The maximum Gasteiger partial charge on any atom is 0.326 e. The number of carbonyl (C=O) groups is 3. The summed E-state index contributed by atoms with van der Waals surface area (Å²) in [6.07, 6.45) is 1.01. The average molecular weight is 298 g/mol. The second kappa shape index (κ2) is 7.64. The van der Waals surface area contributed by atoms with Crippen molar-refractivity contribution < 1.29 is 19.5 Å². The number of carboxylic acids is 1. The third kappa shape index (κ3) is 5.00. The van der Waals surface area contributed by atoms with Crippen LogP contribution in [-0.4, -0.2) is 35.5 Å². The largest absolute Gasteiger partial charge is 0.480 e. The molecule has 0 unspecified atom stereocenters. The molecule has 0 aromatic carbocycles. The molecular weight excluding hydrogens is 280 g/mol. The van der Waals surface area contributed by atoms with Crippen molar-refractivity contribution in [1.29, 1.82) is 0 Å². The molecule has 20 heavy (non-hydrogen) atoms. The van der Waals surface area contributed by atoms with Crippen molar-refractivity contribution in [2.45, 2.75) is 32.7 Å². The molecule has 7 heteroatoms. The Balaban J connectivity index is 2.42. The number of aryl methyl sites for hydroxylation is 1. The van der Waals surface area contributed by atoms with E-state index in [0.29, 0.717) is 17.7 Å². The van der Waals surface area contributed by atoms with E-state index in [9.17, 15) is 14.4 Å². The summed E-state index contributed by atoms with van der Waals surface area (Å²) < 4.78 is 0. The van der Waals surface area contributed by atoms with Gasteiger partial charge in [0.1, 0.15) is 6.04 Å². The Morgan fingerprint density at radius 3 is 2.55 bits per heavy atom. The molecule has 6 nitrogen and oxygen atoms in total. The molecule has 1 atom stereocenters. The topological polar surface area (TPSA) is 95.5 Å². The van der Waals surface area contributed by atoms with E-state index in [1.165, 1.54) is 11.3 Å². The Kier molecular flexibility index (Phi) is 6.17. The van der Waals surface area contributed by atoms with Crippen LogP contribution in [0.2, 0.25) is 0 Å². The molecule has 1 rings (SSSR count). The quantitative estimate of drug-likeness (QED) is 0.704. The first-order valence-corrected chi connectivity index (χ1v) is 7.12. The standard InChI is InChI=1S/C13H18N2O4S/c1-3-4-9(13(18)19)15-11(16)7-14-12(17)10-6-5-8(2)20-10/h5-6,9H,3-4,7H2,1-2H3,(H,14,17)(H,15,16)(H,18,19)/t9-/m0/s1. The Bertz CT molecular complexity index is 498. The highest BCUT2D eigenvalue weighted by molar-refractivity contribution is 7.13. The number of carbonyl (C=O) groups excluding carboxylic acids is 2. The smallest absolute Gasteiger partial charge is 0.326 e. The lowest BCUT2D eigenvalue weighted by atomic mass is 10.1. The maximum absolute atomic E-state index is 11.7. The summed E-state index contributed by atoms with van der Waals surface area (Å²) in [7, 11) is 0. The molecule has 0 aliphatic heterocycles. The van der Waals surface area contributed by atoms with Crippen LogP contribution in [0, 0.1) is 6.92 Å². The van der Waals surface area contributed by atoms with E-state index >= 15 is 0 Å². The SMILES string of the molecule is CCC[C@H](NC(=O)CNC(=O)c1ccc(C)s1)C(=O)O. The monoisotopic (exact) mass is 298 g/mol. The van der Waals surface area contributed by atoms with Gasteiger partial charge >= 0.3 is 5.97 Å². The summed E-state index contributed by atoms with van der Waals surface area (Å²) >= 11 is 1.34. The van der Waals surface area contributed by atoms with Crippen molar-refractivity contribution in [2.24, 2.45) is 0 Å². The molecule has 0 aliphatic rings. The first-order valence-electron chi connectivity index (χ1n) is 6.30. The van der Waals surface area contributed by atoms with Crippen molar-refractivity contribution in [3.63, 3.8) is 0 Å². The second-order valence-electron chi connectivity index (χ2n) is 4.34. The van der Waals surface area contributed by atoms with Gasteiger partial charge in [0, 0.05) is 4.88 Å². The molecular formula is C13H18N2O4S. The fraction of sp³-hybridized carbons (Fsp3) is 0.462. The van der Waals surface area contributed by atoms with Crippen LogP contribution in [0.15, 0.2) is 12.1 Å². The number of thiophene rings is 1. The highest BCUT2D eigenvalue weighted by atomic mass is 32.1. The molecule has 1 aromatic rings. The normalized spacial score (nSPS) is 11.7. The summed E-state index contributed by atoms with van der Waals surface area (Å²) in [5.41, 5.74) is 0. The van der Waals surface area contributed by atoms with Crippen LogP contribution in [0.1, 0.15) is 34.3 Å². The van der Waals surface area contributed by atoms with Gasteiger partial charge in [0.15, 0.2) is 0 Å². The van der Waals surface area contributed by atoms with Crippen LogP contribution in [-0.2, 0) is 9.59 Å². The highest BCUT2D eigenvalue weighted by Crippen LogP contribution is 2.14. The van der Waals surface area contributed by atoms with Gasteiger partial charge in [-0.15, -0.1) is 11.3 Å². The molecule has 1 aromatic heterocycles. The summed E-state index contributed by atoms with van der Waals surface area (Å²) in [5.74, 6) is -1.91. The summed E-state index contributed by atoms with van der Waals surface area (Å²) in [4.78, 5) is 35.7. The van der Waals surface area contributed by atoms with Crippen molar-refractivity contribution >= 4 is 29.1 Å². The molecule has 0 saturated heterocycles. The number of aliphatic carboxylic acids is 1. The Labute approximate surface area is 121 Å². The zero-order chi connectivity index (χ0) is 15.1. The minimum Gasteiger partial charge on any atom is -0.480 e. The Morgan fingerprint density at radius 1 is 1.35 bits per heavy atom. The van der Waals surface area contributed by atoms with Crippen LogP contribution in [0.5, 0.6) is 0 Å². The van der Waals surface area contributed by atoms with Crippen LogP contribution >= 0.6 is 11.3 Å². The van der Waals surface area contributed by atoms with E-state index in [2.05, 4.69) is 10.6 Å². The fourth-order valence-electron chi connectivity index (χ4n) is 1.60. The van der Waals surface area contributed by atoms with Gasteiger partial charge < -0.3 is 15.7 Å². The van der Waals surface area contributed by atoms with E-state index in [1.54, 1.807) is 6.07 Å². The highest BCUT2D eigenvalue weighted by Gasteiger charge is 2.19. The number of hydrogen-bond acceptors (Lipinski definition) is 4. The van der Waals surface area contributed by atoms with Crippen LogP contribution in [0.25, 0.3) is 0 Å². The summed E-state index contributed by atoms with van der Waals surface area (Å²) in [6, 6.07) is 2.60. The van der Waals surface area contributed by atoms with Crippen molar-refractivity contribution in [3.05, 3.63) is 21.9 Å². The Morgan fingerprint density at radius 2 is 2.05 bits per heavy atom. The predicted octanol–water partition coefficient (Wildman–Crippen LogP) is 1.16. The number of carboxylic acid groups (broad SMARTS) is 1. The maximum atomic E-state index is 11.7. The molecule has 0 fully saturated rings. The van der Waals surface area contributed by atoms with E-state index in [-0.39, 0.29) is 12.5 Å². The molecule has 0 saturated carbocycles. The third-order valence-electron chi connectivity index (χ3n) is 2.58. The lowest BCUT2D eigenvalue weighted by molar-refractivity contribution is -0.141. The van der Waals surface area contributed by atoms with Gasteiger partial charge in [0.2, 0.25) is 5.91 Å². The van der Waals surface area contributed by atoms with E-state index < -0.39 is 17.9 Å². The first kappa shape index (κ1) is 16.2. The number of hydrogen-bond donors (Lipinski definition) is 3. The van der Waals surface area contributed by atoms with E-state index in [1.807, 2.05) is 19.9 Å². The average Bonchev–Trinajstić information content (AvgIpc) is 2.82. The molecule has 0 aliphatic carbocycles. The minimum atomic E-state index is -1.07.